The van der Waals surface area contributed by atoms with E-state index in [2.05, 4.69) is 6.07 Å². The minimum atomic E-state index is -0.473. The van der Waals surface area contributed by atoms with Gasteiger partial charge in [0.2, 0.25) is 0 Å². The molecule has 2 atom stereocenters. The number of aliphatic hydroxyl groups is 1. The summed E-state index contributed by atoms with van der Waals surface area (Å²) >= 11 is 0. The van der Waals surface area contributed by atoms with Gasteiger partial charge in [-0.3, -0.25) is 0 Å². The lowest BCUT2D eigenvalue weighted by Gasteiger charge is -2.17. The highest BCUT2D eigenvalue weighted by molar-refractivity contribution is 5.31. The Balaban J connectivity index is 2.40. The first-order chi connectivity index (χ1) is 6.29. The van der Waals surface area contributed by atoms with Gasteiger partial charge in [-0.15, -0.1) is 0 Å². The monoisotopic (exact) mass is 177 g/mol. The lowest BCUT2D eigenvalue weighted by molar-refractivity contribution is 0.144. The molecule has 0 unspecified atom stereocenters. The van der Waals surface area contributed by atoms with Crippen molar-refractivity contribution in [3.05, 3.63) is 35.4 Å². The molecule has 3 N–H and O–H groups in total. The molecule has 0 aliphatic heterocycles. The molecule has 2 rings (SSSR count). The van der Waals surface area contributed by atoms with E-state index in [0.29, 0.717) is 0 Å². The summed E-state index contributed by atoms with van der Waals surface area (Å²) in [6.45, 7) is 0. The molecule has 0 radical (unpaired) electrons. The van der Waals surface area contributed by atoms with Crippen molar-refractivity contribution in [1.82, 2.24) is 0 Å². The van der Waals surface area contributed by atoms with Gasteiger partial charge in [0, 0.05) is 6.04 Å². The predicted octanol–water partition coefficient (Wildman–Crippen LogP) is 1.38. The standard InChI is InChI=1S/C11H15NO/c12-10-7-3-5-8-4-1-2-6-9(8)11(10)13/h1-2,4,6,10-11,13H,3,5,7,12H2/t10-,11+/m1/s1. The highest BCUT2D eigenvalue weighted by Gasteiger charge is 2.22. The second-order valence-corrected chi connectivity index (χ2v) is 3.70. The Morgan fingerprint density at radius 3 is 2.92 bits per heavy atom. The van der Waals surface area contributed by atoms with Crippen LogP contribution in [0.1, 0.15) is 30.1 Å². The van der Waals surface area contributed by atoms with Crippen LogP contribution in [0.15, 0.2) is 24.3 Å². The lowest BCUT2D eigenvalue weighted by atomic mass is 9.99. The molecule has 0 heterocycles. The number of hydrogen-bond acceptors (Lipinski definition) is 2. The van der Waals surface area contributed by atoms with Gasteiger partial charge < -0.3 is 10.8 Å². The molecule has 0 saturated carbocycles. The van der Waals surface area contributed by atoms with E-state index in [1.807, 2.05) is 18.2 Å². The maximum atomic E-state index is 9.88. The van der Waals surface area contributed by atoms with Gasteiger partial charge >= 0.3 is 0 Å². The molecule has 1 aliphatic rings. The summed E-state index contributed by atoms with van der Waals surface area (Å²) in [6.07, 6.45) is 2.56. The molecule has 13 heavy (non-hydrogen) atoms. The van der Waals surface area contributed by atoms with Gasteiger partial charge in [0.1, 0.15) is 0 Å². The number of fused-ring (bicyclic) bond motifs is 1. The van der Waals surface area contributed by atoms with Crippen LogP contribution in [-0.4, -0.2) is 11.1 Å². The Kier molecular flexibility index (Phi) is 2.34. The van der Waals surface area contributed by atoms with Crippen molar-refractivity contribution in [2.24, 2.45) is 5.73 Å². The molecular weight excluding hydrogens is 162 g/mol. The molecular formula is C11H15NO. The topological polar surface area (TPSA) is 46.2 Å². The Bertz CT molecular complexity index is 298. The zero-order valence-corrected chi connectivity index (χ0v) is 7.61. The van der Waals surface area contributed by atoms with Gasteiger partial charge in [0.15, 0.2) is 0 Å². The average Bonchev–Trinajstić information content (AvgIpc) is 2.29. The second-order valence-electron chi connectivity index (χ2n) is 3.70. The summed E-state index contributed by atoms with van der Waals surface area (Å²) in [7, 11) is 0. The Morgan fingerprint density at radius 2 is 2.08 bits per heavy atom. The van der Waals surface area contributed by atoms with E-state index in [-0.39, 0.29) is 6.04 Å². The maximum absolute atomic E-state index is 9.88. The molecule has 70 valence electrons. The van der Waals surface area contributed by atoms with E-state index in [0.717, 1.165) is 24.8 Å². The first kappa shape index (κ1) is 8.73. The van der Waals surface area contributed by atoms with Gasteiger partial charge in [-0.05, 0) is 30.4 Å². The fraction of sp³-hybridized carbons (Fsp3) is 0.455. The summed E-state index contributed by atoms with van der Waals surface area (Å²) in [6, 6.07) is 7.94. The molecule has 0 fully saturated rings. The third-order valence-corrected chi connectivity index (χ3v) is 2.76. The third kappa shape index (κ3) is 1.60. The van der Waals surface area contributed by atoms with E-state index in [1.165, 1.54) is 5.56 Å². The number of nitrogens with two attached hydrogens (primary N) is 1. The highest BCUT2D eigenvalue weighted by Crippen LogP contribution is 2.27. The van der Waals surface area contributed by atoms with Gasteiger partial charge in [0.25, 0.3) is 0 Å². The zero-order chi connectivity index (χ0) is 9.26. The summed E-state index contributed by atoms with van der Waals surface area (Å²) < 4.78 is 0. The van der Waals surface area contributed by atoms with Crippen molar-refractivity contribution in [2.45, 2.75) is 31.4 Å². The number of hydrogen-bond donors (Lipinski definition) is 2. The molecule has 2 nitrogen and oxygen atoms in total. The third-order valence-electron chi connectivity index (χ3n) is 2.76. The van der Waals surface area contributed by atoms with Crippen molar-refractivity contribution in [1.29, 1.82) is 0 Å². The van der Waals surface area contributed by atoms with Crippen molar-refractivity contribution in [3.63, 3.8) is 0 Å². The molecule has 0 spiro atoms. The van der Waals surface area contributed by atoms with Crippen LogP contribution in [-0.2, 0) is 6.42 Å². The molecule has 1 aromatic rings. The van der Waals surface area contributed by atoms with Crippen LogP contribution >= 0.6 is 0 Å². The SMILES string of the molecule is N[C@@H]1CCCc2ccccc2[C@@H]1O. The molecule has 1 aromatic carbocycles. The summed E-state index contributed by atoms with van der Waals surface area (Å²) in [5.74, 6) is 0. The Labute approximate surface area is 78.4 Å². The zero-order valence-electron chi connectivity index (χ0n) is 7.61. The number of benzene rings is 1. The summed E-state index contributed by atoms with van der Waals surface area (Å²) in [5, 5.41) is 9.88. The molecule has 0 aromatic heterocycles. The quantitative estimate of drug-likeness (QED) is 0.588. The van der Waals surface area contributed by atoms with E-state index in [1.54, 1.807) is 0 Å². The minimum absolute atomic E-state index is 0.0938. The van der Waals surface area contributed by atoms with E-state index in [9.17, 15) is 5.11 Å². The molecule has 2 heteroatoms. The van der Waals surface area contributed by atoms with Crippen LogP contribution in [0.5, 0.6) is 0 Å². The lowest BCUT2D eigenvalue weighted by Crippen LogP contribution is -2.27. The smallest absolute Gasteiger partial charge is 0.0943 e. The van der Waals surface area contributed by atoms with Crippen LogP contribution in [0.25, 0.3) is 0 Å². The number of rotatable bonds is 0. The van der Waals surface area contributed by atoms with Crippen molar-refractivity contribution < 1.29 is 5.11 Å². The molecule has 0 saturated heterocycles. The first-order valence-electron chi connectivity index (χ1n) is 4.80. The fourth-order valence-corrected chi connectivity index (χ4v) is 1.97. The normalized spacial score (nSPS) is 27.8. The first-order valence-corrected chi connectivity index (χ1v) is 4.80. The highest BCUT2D eigenvalue weighted by atomic mass is 16.3. The Hall–Kier alpha value is -0.860. The number of aryl methyl sites for hydroxylation is 1. The van der Waals surface area contributed by atoms with E-state index >= 15 is 0 Å². The fourth-order valence-electron chi connectivity index (χ4n) is 1.97. The molecule has 0 bridgehead atoms. The van der Waals surface area contributed by atoms with Crippen LogP contribution in [0, 0.1) is 0 Å². The minimum Gasteiger partial charge on any atom is -0.387 e. The largest absolute Gasteiger partial charge is 0.387 e. The van der Waals surface area contributed by atoms with Crippen LogP contribution < -0.4 is 5.73 Å². The van der Waals surface area contributed by atoms with Gasteiger partial charge in [-0.2, -0.15) is 0 Å². The van der Waals surface area contributed by atoms with Gasteiger partial charge in [0.05, 0.1) is 6.10 Å². The van der Waals surface area contributed by atoms with Crippen molar-refractivity contribution in [3.8, 4) is 0 Å². The van der Waals surface area contributed by atoms with E-state index in [4.69, 9.17) is 5.73 Å². The van der Waals surface area contributed by atoms with Crippen molar-refractivity contribution in [2.75, 3.05) is 0 Å². The second kappa shape index (κ2) is 3.48. The van der Waals surface area contributed by atoms with Crippen LogP contribution in [0.2, 0.25) is 0 Å². The number of aliphatic hydroxyl groups excluding tert-OH is 1. The predicted molar refractivity (Wildman–Crippen MR) is 52.3 cm³/mol. The van der Waals surface area contributed by atoms with Crippen LogP contribution in [0.4, 0.5) is 0 Å². The van der Waals surface area contributed by atoms with Crippen LogP contribution in [0.3, 0.4) is 0 Å². The average molecular weight is 177 g/mol. The summed E-state index contributed by atoms with van der Waals surface area (Å²) in [5.41, 5.74) is 8.12. The molecule has 1 aliphatic carbocycles. The maximum Gasteiger partial charge on any atom is 0.0943 e. The molecule has 0 amide bonds. The van der Waals surface area contributed by atoms with Crippen molar-refractivity contribution >= 4 is 0 Å². The summed E-state index contributed by atoms with van der Waals surface area (Å²) in [4.78, 5) is 0. The van der Waals surface area contributed by atoms with Gasteiger partial charge in [-0.25, -0.2) is 0 Å². The van der Waals surface area contributed by atoms with E-state index < -0.39 is 6.10 Å². The van der Waals surface area contributed by atoms with Gasteiger partial charge in [-0.1, -0.05) is 24.3 Å². The Morgan fingerprint density at radius 1 is 1.31 bits per heavy atom.